The van der Waals surface area contributed by atoms with E-state index in [9.17, 15) is 13.6 Å². The van der Waals surface area contributed by atoms with Gasteiger partial charge in [-0.3, -0.25) is 9.78 Å². The summed E-state index contributed by atoms with van der Waals surface area (Å²) in [7, 11) is 0. The Labute approximate surface area is 113 Å². The second-order valence-electron chi connectivity index (χ2n) is 4.17. The summed E-state index contributed by atoms with van der Waals surface area (Å²) in [4.78, 5) is 17.7. The maximum absolute atomic E-state index is 13.5. The number of aryl methyl sites for hydroxylation is 1. The number of nitrogens with one attached hydrogen (secondary N) is 2. The Kier molecular flexibility index (Phi) is 3.88. The molecule has 104 valence electrons. The van der Waals surface area contributed by atoms with Crippen LogP contribution < -0.4 is 11.0 Å². The van der Waals surface area contributed by atoms with Gasteiger partial charge in [0.2, 0.25) is 5.95 Å². The molecule has 0 fully saturated rings. The first-order valence-corrected chi connectivity index (χ1v) is 5.79. The Morgan fingerprint density at radius 1 is 1.35 bits per heavy atom. The van der Waals surface area contributed by atoms with Crippen LogP contribution in [0.1, 0.15) is 18.2 Å². The number of aromatic amines is 1. The van der Waals surface area contributed by atoms with Gasteiger partial charge in [-0.25, -0.2) is 19.2 Å². The molecule has 0 amide bonds. The summed E-state index contributed by atoms with van der Waals surface area (Å²) in [6.45, 7) is 3.22. The SMILES string of the molecule is C/C(=N/Nc1nc(C)cc(=O)[nH]1)c1ccc(F)cc1F. The van der Waals surface area contributed by atoms with Crippen molar-refractivity contribution < 1.29 is 8.78 Å². The molecule has 0 saturated carbocycles. The molecule has 1 heterocycles. The summed E-state index contributed by atoms with van der Waals surface area (Å²) in [5.41, 5.74) is 3.19. The molecule has 0 saturated heterocycles. The maximum atomic E-state index is 13.5. The Hall–Kier alpha value is -2.57. The third-order valence-corrected chi connectivity index (χ3v) is 2.52. The van der Waals surface area contributed by atoms with Crippen molar-refractivity contribution in [1.29, 1.82) is 0 Å². The number of H-pyrrole nitrogens is 1. The minimum Gasteiger partial charge on any atom is -0.291 e. The fraction of sp³-hybridized carbons (Fsp3) is 0.154. The minimum atomic E-state index is -0.709. The molecule has 2 aromatic rings. The van der Waals surface area contributed by atoms with Crippen LogP contribution in [0.15, 0.2) is 34.2 Å². The van der Waals surface area contributed by atoms with Gasteiger partial charge in [-0.2, -0.15) is 5.10 Å². The topological polar surface area (TPSA) is 70.1 Å². The number of benzene rings is 1. The number of rotatable bonds is 3. The largest absolute Gasteiger partial charge is 0.291 e. The Morgan fingerprint density at radius 2 is 2.10 bits per heavy atom. The molecule has 0 aliphatic rings. The molecule has 7 heteroatoms. The molecule has 2 rings (SSSR count). The molecule has 0 atom stereocenters. The second kappa shape index (κ2) is 5.60. The van der Waals surface area contributed by atoms with Crippen molar-refractivity contribution >= 4 is 11.7 Å². The zero-order chi connectivity index (χ0) is 14.7. The average Bonchev–Trinajstić information content (AvgIpc) is 2.35. The quantitative estimate of drug-likeness (QED) is 0.668. The van der Waals surface area contributed by atoms with Gasteiger partial charge in [0.05, 0.1) is 5.71 Å². The van der Waals surface area contributed by atoms with Crippen molar-refractivity contribution in [1.82, 2.24) is 9.97 Å². The lowest BCUT2D eigenvalue weighted by molar-refractivity contribution is 0.581. The smallest absolute Gasteiger partial charge is 0.252 e. The number of anilines is 1. The summed E-state index contributed by atoms with van der Waals surface area (Å²) >= 11 is 0. The molecule has 0 spiro atoms. The van der Waals surface area contributed by atoms with Crippen molar-refractivity contribution in [3.8, 4) is 0 Å². The van der Waals surface area contributed by atoms with Crippen molar-refractivity contribution in [2.75, 3.05) is 5.43 Å². The van der Waals surface area contributed by atoms with Gasteiger partial charge in [-0.15, -0.1) is 0 Å². The first-order valence-electron chi connectivity index (χ1n) is 5.79. The summed E-state index contributed by atoms with van der Waals surface area (Å²) in [6, 6.07) is 4.55. The highest BCUT2D eigenvalue weighted by atomic mass is 19.1. The Morgan fingerprint density at radius 3 is 2.75 bits per heavy atom. The van der Waals surface area contributed by atoms with Gasteiger partial charge in [0.15, 0.2) is 0 Å². The van der Waals surface area contributed by atoms with E-state index in [1.807, 2.05) is 0 Å². The molecule has 2 N–H and O–H groups in total. The number of hydrogen-bond acceptors (Lipinski definition) is 4. The monoisotopic (exact) mass is 278 g/mol. The predicted octanol–water partition coefficient (Wildman–Crippen LogP) is 2.19. The van der Waals surface area contributed by atoms with Gasteiger partial charge < -0.3 is 0 Å². The molecule has 0 bridgehead atoms. The van der Waals surface area contributed by atoms with Crippen LogP contribution in [0, 0.1) is 18.6 Å². The Bertz CT molecular complexity index is 725. The summed E-state index contributed by atoms with van der Waals surface area (Å²) < 4.78 is 26.3. The lowest BCUT2D eigenvalue weighted by atomic mass is 10.1. The van der Waals surface area contributed by atoms with Crippen LogP contribution in [-0.4, -0.2) is 15.7 Å². The van der Waals surface area contributed by atoms with E-state index in [0.29, 0.717) is 11.4 Å². The fourth-order valence-electron chi connectivity index (χ4n) is 1.61. The first kappa shape index (κ1) is 13.9. The van der Waals surface area contributed by atoms with Crippen LogP contribution in [0.5, 0.6) is 0 Å². The van der Waals surface area contributed by atoms with Gasteiger partial charge in [0.25, 0.3) is 5.56 Å². The van der Waals surface area contributed by atoms with Crippen LogP contribution >= 0.6 is 0 Å². The van der Waals surface area contributed by atoms with Crippen LogP contribution in [0.3, 0.4) is 0 Å². The van der Waals surface area contributed by atoms with Crippen molar-refractivity contribution in [3.63, 3.8) is 0 Å². The van der Waals surface area contributed by atoms with E-state index in [0.717, 1.165) is 12.1 Å². The summed E-state index contributed by atoms with van der Waals surface area (Å²) in [6.07, 6.45) is 0. The molecule has 5 nitrogen and oxygen atoms in total. The highest BCUT2D eigenvalue weighted by Gasteiger charge is 2.07. The zero-order valence-corrected chi connectivity index (χ0v) is 10.9. The van der Waals surface area contributed by atoms with E-state index in [1.165, 1.54) is 12.1 Å². The highest BCUT2D eigenvalue weighted by Crippen LogP contribution is 2.11. The van der Waals surface area contributed by atoms with Crippen molar-refractivity contribution in [2.24, 2.45) is 5.10 Å². The third-order valence-electron chi connectivity index (χ3n) is 2.52. The first-order chi connectivity index (χ1) is 9.45. The highest BCUT2D eigenvalue weighted by molar-refractivity contribution is 5.99. The van der Waals surface area contributed by atoms with Gasteiger partial charge in [0, 0.05) is 23.4 Å². The number of hydrogen-bond donors (Lipinski definition) is 2. The molecular weight excluding hydrogens is 266 g/mol. The fourth-order valence-corrected chi connectivity index (χ4v) is 1.61. The van der Waals surface area contributed by atoms with E-state index < -0.39 is 11.6 Å². The lowest BCUT2D eigenvalue weighted by Crippen LogP contribution is -2.11. The van der Waals surface area contributed by atoms with Crippen molar-refractivity contribution in [3.05, 3.63) is 57.5 Å². The van der Waals surface area contributed by atoms with Gasteiger partial charge in [-0.1, -0.05) is 0 Å². The van der Waals surface area contributed by atoms with Gasteiger partial charge in [0.1, 0.15) is 11.6 Å². The Balaban J connectivity index is 2.24. The molecular formula is C13H12F2N4O. The normalized spacial score (nSPS) is 11.5. The standard InChI is InChI=1S/C13H12F2N4O/c1-7-5-12(20)17-13(16-7)19-18-8(2)10-4-3-9(14)6-11(10)15/h3-6H,1-2H3,(H2,16,17,19,20)/b18-8-. The van der Waals surface area contributed by atoms with Gasteiger partial charge >= 0.3 is 0 Å². The predicted molar refractivity (Wildman–Crippen MR) is 71.8 cm³/mol. The molecule has 1 aromatic heterocycles. The summed E-state index contributed by atoms with van der Waals surface area (Å²) in [5, 5.41) is 3.91. The molecule has 0 aliphatic carbocycles. The maximum Gasteiger partial charge on any atom is 0.252 e. The number of aromatic nitrogens is 2. The molecule has 1 aromatic carbocycles. The lowest BCUT2D eigenvalue weighted by Gasteiger charge is -2.04. The minimum absolute atomic E-state index is 0.150. The van der Waals surface area contributed by atoms with E-state index in [2.05, 4.69) is 20.5 Å². The van der Waals surface area contributed by atoms with E-state index in [4.69, 9.17) is 0 Å². The average molecular weight is 278 g/mol. The molecule has 0 radical (unpaired) electrons. The van der Waals surface area contributed by atoms with Crippen LogP contribution in [0.25, 0.3) is 0 Å². The van der Waals surface area contributed by atoms with Crippen LogP contribution in [0.4, 0.5) is 14.7 Å². The number of hydrazone groups is 1. The molecule has 0 unspecified atom stereocenters. The number of halogens is 2. The summed E-state index contributed by atoms with van der Waals surface area (Å²) in [5.74, 6) is -1.22. The van der Waals surface area contributed by atoms with Crippen LogP contribution in [0.2, 0.25) is 0 Å². The molecule has 0 aliphatic heterocycles. The van der Waals surface area contributed by atoms with Crippen molar-refractivity contribution in [2.45, 2.75) is 13.8 Å². The molecule has 20 heavy (non-hydrogen) atoms. The van der Waals surface area contributed by atoms with E-state index in [-0.39, 0.29) is 17.1 Å². The number of nitrogens with zero attached hydrogens (tertiary/aromatic N) is 2. The van der Waals surface area contributed by atoms with Gasteiger partial charge in [-0.05, 0) is 26.0 Å². The van der Waals surface area contributed by atoms with E-state index in [1.54, 1.807) is 13.8 Å². The second-order valence-corrected chi connectivity index (χ2v) is 4.17. The zero-order valence-electron chi connectivity index (χ0n) is 10.9. The van der Waals surface area contributed by atoms with E-state index >= 15 is 0 Å². The third kappa shape index (κ3) is 3.25. The van der Waals surface area contributed by atoms with Crippen LogP contribution in [-0.2, 0) is 0 Å².